The molecular weight excluding hydrogens is 384 g/mol. The summed E-state index contributed by atoms with van der Waals surface area (Å²) in [5, 5.41) is 1.44. The van der Waals surface area contributed by atoms with E-state index < -0.39 is 5.41 Å². The molecule has 0 atom stereocenters. The van der Waals surface area contributed by atoms with Crippen molar-refractivity contribution in [1.82, 2.24) is 0 Å². The monoisotopic (exact) mass is 418 g/mol. The van der Waals surface area contributed by atoms with Crippen molar-refractivity contribution in [3.05, 3.63) is 18.2 Å². The van der Waals surface area contributed by atoms with Crippen molar-refractivity contribution >= 4 is 16.7 Å². The molecule has 0 radical (unpaired) electrons. The minimum absolute atomic E-state index is 0.300. The van der Waals surface area contributed by atoms with Gasteiger partial charge in [-0.25, -0.2) is 0 Å². The summed E-state index contributed by atoms with van der Waals surface area (Å²) in [4.78, 5) is 12.7. The van der Waals surface area contributed by atoms with Gasteiger partial charge in [0.15, 0.2) is 11.5 Å². The predicted octanol–water partition coefficient (Wildman–Crippen LogP) is 5.78. The van der Waals surface area contributed by atoms with Crippen molar-refractivity contribution in [1.29, 1.82) is 0 Å². The minimum atomic E-state index is -0.683. The number of rotatable bonds is 10. The van der Waals surface area contributed by atoms with E-state index >= 15 is 0 Å². The molecule has 0 aliphatic rings. The number of fused-ring (bicyclic) bond motifs is 1. The fourth-order valence-electron chi connectivity index (χ4n) is 2.85. The van der Waals surface area contributed by atoms with Crippen molar-refractivity contribution < 1.29 is 28.5 Å². The van der Waals surface area contributed by atoms with Crippen LogP contribution in [0.4, 0.5) is 0 Å². The Morgan fingerprint density at radius 3 is 2.07 bits per heavy atom. The molecule has 0 spiro atoms. The highest BCUT2D eigenvalue weighted by Gasteiger charge is 2.30. The number of hydrogen-bond acceptors (Lipinski definition) is 6. The zero-order chi connectivity index (χ0) is 22.3. The van der Waals surface area contributed by atoms with Crippen molar-refractivity contribution in [2.75, 3.05) is 27.4 Å². The molecule has 0 heterocycles. The van der Waals surface area contributed by atoms with E-state index in [4.69, 9.17) is 23.7 Å². The molecule has 0 N–H and O–H groups in total. The number of unbranched alkanes of at least 4 members (excludes halogenated alkanes) is 1. The Morgan fingerprint density at radius 2 is 1.50 bits per heavy atom. The van der Waals surface area contributed by atoms with Gasteiger partial charge < -0.3 is 23.7 Å². The maximum absolute atomic E-state index is 12.7. The smallest absolute Gasteiger partial charge is 0.316 e. The second-order valence-corrected chi connectivity index (χ2v) is 8.12. The minimum Gasteiger partial charge on any atom is -0.494 e. The number of methoxy groups -OCH3 is 2. The third kappa shape index (κ3) is 5.29. The Bertz CT molecular complexity index is 866. The van der Waals surface area contributed by atoms with E-state index in [2.05, 4.69) is 6.92 Å². The Kier molecular flexibility index (Phi) is 8.21. The van der Waals surface area contributed by atoms with E-state index in [1.165, 1.54) is 7.11 Å². The zero-order valence-electron chi connectivity index (χ0n) is 19.2. The molecule has 2 aromatic carbocycles. The lowest BCUT2D eigenvalue weighted by Gasteiger charge is -2.23. The molecule has 0 saturated heterocycles. The first-order valence-electron chi connectivity index (χ1n) is 10.5. The molecule has 0 aromatic heterocycles. The van der Waals surface area contributed by atoms with Gasteiger partial charge >= 0.3 is 5.97 Å². The maximum Gasteiger partial charge on any atom is 0.316 e. The van der Waals surface area contributed by atoms with Gasteiger partial charge in [0.25, 0.3) is 0 Å². The van der Waals surface area contributed by atoms with Gasteiger partial charge in [0.05, 0.1) is 32.8 Å². The van der Waals surface area contributed by atoms with Gasteiger partial charge in [0, 0.05) is 10.8 Å². The summed E-state index contributed by atoms with van der Waals surface area (Å²) in [5.41, 5.74) is -0.683. The molecule has 0 aliphatic carbocycles. The summed E-state index contributed by atoms with van der Waals surface area (Å²) in [6, 6.07) is 5.65. The van der Waals surface area contributed by atoms with Crippen LogP contribution in [0.5, 0.6) is 28.7 Å². The van der Waals surface area contributed by atoms with Crippen LogP contribution in [0.15, 0.2) is 18.2 Å². The number of benzene rings is 2. The van der Waals surface area contributed by atoms with Gasteiger partial charge in [0.2, 0.25) is 11.5 Å². The Morgan fingerprint density at radius 1 is 0.833 bits per heavy atom. The number of ether oxygens (including phenoxy) is 5. The van der Waals surface area contributed by atoms with Crippen molar-refractivity contribution in [3.8, 4) is 28.7 Å². The molecule has 0 amide bonds. The topological polar surface area (TPSA) is 63.2 Å². The fourth-order valence-corrected chi connectivity index (χ4v) is 2.85. The lowest BCUT2D eigenvalue weighted by molar-refractivity contribution is -0.143. The SMILES string of the molecule is CCCCOc1ccc2c(OCCC)c(OC)c(OC)c(OC(=O)C(C)(C)C)c2c1. The third-order valence-electron chi connectivity index (χ3n) is 4.53. The second-order valence-electron chi connectivity index (χ2n) is 8.12. The number of carbonyl (C=O) groups excluding carboxylic acids is 1. The van der Waals surface area contributed by atoms with Gasteiger partial charge in [-0.15, -0.1) is 0 Å². The van der Waals surface area contributed by atoms with Crippen LogP contribution in [0.1, 0.15) is 53.9 Å². The van der Waals surface area contributed by atoms with Crippen LogP contribution in [0.3, 0.4) is 0 Å². The van der Waals surface area contributed by atoms with Crippen LogP contribution in [0, 0.1) is 5.41 Å². The third-order valence-corrected chi connectivity index (χ3v) is 4.53. The van der Waals surface area contributed by atoms with E-state index in [1.54, 1.807) is 27.9 Å². The highest BCUT2D eigenvalue weighted by Crippen LogP contribution is 2.52. The second kappa shape index (κ2) is 10.4. The Hall–Kier alpha value is -2.63. The maximum atomic E-state index is 12.7. The van der Waals surface area contributed by atoms with Crippen LogP contribution in [-0.2, 0) is 4.79 Å². The molecule has 0 saturated carbocycles. The molecule has 0 aliphatic heterocycles. The molecule has 2 rings (SSSR count). The van der Waals surface area contributed by atoms with Crippen molar-refractivity contribution in [2.24, 2.45) is 5.41 Å². The van der Waals surface area contributed by atoms with Gasteiger partial charge in [-0.05, 0) is 51.8 Å². The summed E-state index contributed by atoms with van der Waals surface area (Å²) < 4.78 is 29.0. The highest BCUT2D eigenvalue weighted by molar-refractivity contribution is 6.01. The van der Waals surface area contributed by atoms with E-state index in [0.717, 1.165) is 24.6 Å². The highest BCUT2D eigenvalue weighted by atomic mass is 16.6. The van der Waals surface area contributed by atoms with E-state index in [9.17, 15) is 4.79 Å². The van der Waals surface area contributed by atoms with Gasteiger partial charge in [-0.3, -0.25) is 4.79 Å². The quantitative estimate of drug-likeness (QED) is 0.277. The average molecular weight is 419 g/mol. The Balaban J connectivity index is 2.73. The van der Waals surface area contributed by atoms with Gasteiger partial charge in [0.1, 0.15) is 5.75 Å². The largest absolute Gasteiger partial charge is 0.494 e. The molecule has 166 valence electrons. The van der Waals surface area contributed by atoms with E-state index in [0.29, 0.717) is 47.3 Å². The first-order valence-corrected chi connectivity index (χ1v) is 10.5. The van der Waals surface area contributed by atoms with Crippen LogP contribution < -0.4 is 23.7 Å². The molecule has 0 fully saturated rings. The van der Waals surface area contributed by atoms with Gasteiger partial charge in [-0.1, -0.05) is 20.3 Å². The lowest BCUT2D eigenvalue weighted by Crippen LogP contribution is -2.26. The molecular formula is C24H34O6. The van der Waals surface area contributed by atoms with Crippen LogP contribution >= 0.6 is 0 Å². The van der Waals surface area contributed by atoms with Crippen molar-refractivity contribution in [2.45, 2.75) is 53.9 Å². The first kappa shape index (κ1) is 23.6. The van der Waals surface area contributed by atoms with Crippen LogP contribution in [0.2, 0.25) is 0 Å². The zero-order valence-corrected chi connectivity index (χ0v) is 19.2. The van der Waals surface area contributed by atoms with Gasteiger partial charge in [-0.2, -0.15) is 0 Å². The molecule has 2 aromatic rings. The summed E-state index contributed by atoms with van der Waals surface area (Å²) in [7, 11) is 3.06. The number of esters is 1. The molecule has 6 heteroatoms. The summed E-state index contributed by atoms with van der Waals surface area (Å²) in [6.45, 7) is 10.7. The lowest BCUT2D eigenvalue weighted by atomic mass is 9.97. The van der Waals surface area contributed by atoms with Crippen LogP contribution in [0.25, 0.3) is 10.8 Å². The standard InChI is InChI=1S/C24H34O6/c1-8-10-14-28-16-11-12-17-18(15-16)20(30-23(25)24(3,4)5)22(27-7)21(26-6)19(17)29-13-9-2/h11-12,15H,8-10,13-14H2,1-7H3. The van der Waals surface area contributed by atoms with E-state index in [-0.39, 0.29) is 5.97 Å². The average Bonchev–Trinajstić information content (AvgIpc) is 2.71. The predicted molar refractivity (Wildman–Crippen MR) is 118 cm³/mol. The summed E-state index contributed by atoms with van der Waals surface area (Å²) in [5.74, 6) is 1.89. The van der Waals surface area contributed by atoms with E-state index in [1.807, 2.05) is 25.1 Å². The normalized spacial score (nSPS) is 11.3. The number of carbonyl (C=O) groups is 1. The molecule has 6 nitrogen and oxygen atoms in total. The van der Waals surface area contributed by atoms with Crippen molar-refractivity contribution in [3.63, 3.8) is 0 Å². The fraction of sp³-hybridized carbons (Fsp3) is 0.542. The molecule has 0 unspecified atom stereocenters. The van der Waals surface area contributed by atoms with Crippen LogP contribution in [-0.4, -0.2) is 33.4 Å². The number of hydrogen-bond donors (Lipinski definition) is 0. The molecule has 0 bridgehead atoms. The Labute approximate surface area is 179 Å². The molecule has 30 heavy (non-hydrogen) atoms. The summed E-state index contributed by atoms with van der Waals surface area (Å²) >= 11 is 0. The summed E-state index contributed by atoms with van der Waals surface area (Å²) in [6.07, 6.45) is 2.84. The first-order chi connectivity index (χ1) is 14.3.